The molecule has 6 nitrogen and oxygen atoms in total. The van der Waals surface area contributed by atoms with Gasteiger partial charge in [0.1, 0.15) is 5.75 Å². The van der Waals surface area contributed by atoms with Crippen LogP contribution in [0.25, 0.3) is 0 Å². The molecule has 0 saturated heterocycles. The molecule has 4 aromatic carbocycles. The second-order valence-corrected chi connectivity index (χ2v) is 11.4. The molecular formula is C30H29ClN2O4S. The van der Waals surface area contributed by atoms with Gasteiger partial charge >= 0.3 is 0 Å². The predicted octanol–water partition coefficient (Wildman–Crippen LogP) is 7.08. The highest BCUT2D eigenvalue weighted by Crippen LogP contribution is 2.31. The van der Waals surface area contributed by atoms with Crippen LogP contribution in [0.3, 0.4) is 0 Å². The lowest BCUT2D eigenvalue weighted by atomic mass is 10.1. The Bertz CT molecular complexity index is 1500. The Morgan fingerprint density at radius 1 is 0.921 bits per heavy atom. The van der Waals surface area contributed by atoms with E-state index >= 15 is 0 Å². The van der Waals surface area contributed by atoms with Crippen molar-refractivity contribution < 1.29 is 17.9 Å². The fourth-order valence-corrected chi connectivity index (χ4v) is 5.59. The van der Waals surface area contributed by atoms with E-state index in [2.05, 4.69) is 5.32 Å². The number of nitrogens with zero attached hydrogens (tertiary/aromatic N) is 1. The van der Waals surface area contributed by atoms with Crippen LogP contribution in [0.15, 0.2) is 102 Å². The van der Waals surface area contributed by atoms with Crippen LogP contribution >= 0.6 is 11.6 Å². The van der Waals surface area contributed by atoms with Gasteiger partial charge in [0.2, 0.25) is 0 Å². The summed E-state index contributed by atoms with van der Waals surface area (Å²) in [7, 11) is -3.88. The minimum absolute atomic E-state index is 0.0651. The molecule has 1 N–H and O–H groups in total. The molecule has 0 spiro atoms. The fourth-order valence-electron chi connectivity index (χ4n) is 3.89. The topological polar surface area (TPSA) is 75.7 Å². The van der Waals surface area contributed by atoms with Gasteiger partial charge in [0.15, 0.2) is 0 Å². The van der Waals surface area contributed by atoms with Crippen molar-refractivity contribution in [3.05, 3.63) is 119 Å². The lowest BCUT2D eigenvalue weighted by molar-refractivity contribution is 0.102. The molecule has 0 aliphatic heterocycles. The summed E-state index contributed by atoms with van der Waals surface area (Å²) < 4.78 is 34.3. The Kier molecular flexibility index (Phi) is 8.39. The number of carbonyl (C=O) groups excluding carboxylic acids is 1. The minimum atomic E-state index is -3.88. The first-order chi connectivity index (χ1) is 18.1. The van der Waals surface area contributed by atoms with E-state index in [-0.39, 0.29) is 23.5 Å². The monoisotopic (exact) mass is 548 g/mol. The van der Waals surface area contributed by atoms with Crippen LogP contribution in [-0.4, -0.2) is 20.4 Å². The summed E-state index contributed by atoms with van der Waals surface area (Å²) in [6, 6.07) is 27.5. The van der Waals surface area contributed by atoms with E-state index in [1.54, 1.807) is 97.1 Å². The molecule has 0 heterocycles. The Hall–Kier alpha value is -3.81. The lowest BCUT2D eigenvalue weighted by Gasteiger charge is -2.26. The molecule has 0 aromatic heterocycles. The molecule has 1 amide bonds. The number of rotatable bonds is 9. The van der Waals surface area contributed by atoms with Crippen LogP contribution in [0.2, 0.25) is 5.02 Å². The van der Waals surface area contributed by atoms with Gasteiger partial charge in [-0.2, -0.15) is 0 Å². The second-order valence-electron chi connectivity index (χ2n) is 9.10. The maximum absolute atomic E-state index is 13.7. The predicted molar refractivity (Wildman–Crippen MR) is 153 cm³/mol. The van der Waals surface area contributed by atoms with Crippen molar-refractivity contribution in [1.29, 1.82) is 0 Å². The quantitative estimate of drug-likeness (QED) is 0.242. The molecule has 0 aliphatic rings. The van der Waals surface area contributed by atoms with E-state index in [9.17, 15) is 13.2 Å². The molecule has 0 saturated carbocycles. The van der Waals surface area contributed by atoms with Gasteiger partial charge in [-0.15, -0.1) is 0 Å². The smallest absolute Gasteiger partial charge is 0.264 e. The number of hydrogen-bond donors (Lipinski definition) is 1. The summed E-state index contributed by atoms with van der Waals surface area (Å²) in [4.78, 5) is 13.0. The molecule has 4 aromatic rings. The van der Waals surface area contributed by atoms with Crippen molar-refractivity contribution in [2.75, 3.05) is 9.62 Å². The molecular weight excluding hydrogens is 520 g/mol. The Balaban J connectivity index is 1.56. The highest BCUT2D eigenvalue weighted by Gasteiger charge is 2.26. The number of benzene rings is 4. The summed E-state index contributed by atoms with van der Waals surface area (Å²) in [5.41, 5.74) is 3.08. The van der Waals surface area contributed by atoms with E-state index in [0.717, 1.165) is 16.9 Å². The number of carbonyl (C=O) groups is 1. The minimum Gasteiger partial charge on any atom is -0.491 e. The highest BCUT2D eigenvalue weighted by atomic mass is 35.5. The molecule has 0 aliphatic carbocycles. The van der Waals surface area contributed by atoms with E-state index in [1.165, 1.54) is 4.31 Å². The number of nitrogens with one attached hydrogen (secondary N) is 1. The summed E-state index contributed by atoms with van der Waals surface area (Å²) >= 11 is 6.24. The zero-order valence-corrected chi connectivity index (χ0v) is 23.0. The number of sulfonamides is 1. The highest BCUT2D eigenvalue weighted by molar-refractivity contribution is 7.92. The maximum atomic E-state index is 13.7. The third-order valence-electron chi connectivity index (χ3n) is 5.80. The van der Waals surface area contributed by atoms with Crippen LogP contribution in [-0.2, 0) is 16.6 Å². The first-order valence-electron chi connectivity index (χ1n) is 12.1. The number of ether oxygens (including phenoxy) is 1. The van der Waals surface area contributed by atoms with Gasteiger partial charge in [-0.3, -0.25) is 9.10 Å². The number of anilines is 2. The zero-order valence-electron chi connectivity index (χ0n) is 21.4. The largest absolute Gasteiger partial charge is 0.491 e. The van der Waals surface area contributed by atoms with Gasteiger partial charge in [-0.25, -0.2) is 8.42 Å². The molecule has 0 fully saturated rings. The van der Waals surface area contributed by atoms with Crippen molar-refractivity contribution in [1.82, 2.24) is 0 Å². The molecule has 0 atom stereocenters. The van der Waals surface area contributed by atoms with Crippen molar-refractivity contribution in [2.45, 2.75) is 38.3 Å². The van der Waals surface area contributed by atoms with Crippen LogP contribution in [0.4, 0.5) is 11.4 Å². The van der Waals surface area contributed by atoms with Crippen molar-refractivity contribution in [2.24, 2.45) is 0 Å². The Morgan fingerprint density at radius 3 is 2.21 bits per heavy atom. The van der Waals surface area contributed by atoms with Crippen LogP contribution in [0, 0.1) is 6.92 Å². The van der Waals surface area contributed by atoms with Gasteiger partial charge in [0.25, 0.3) is 15.9 Å². The summed E-state index contributed by atoms with van der Waals surface area (Å²) in [5, 5.41) is 3.31. The third-order valence-corrected chi connectivity index (χ3v) is 7.81. The second kappa shape index (κ2) is 11.7. The average Bonchev–Trinajstić information content (AvgIpc) is 2.90. The first kappa shape index (κ1) is 27.2. The van der Waals surface area contributed by atoms with Gasteiger partial charge < -0.3 is 10.1 Å². The Morgan fingerprint density at radius 2 is 1.58 bits per heavy atom. The number of halogens is 1. The van der Waals surface area contributed by atoms with Gasteiger partial charge in [0.05, 0.1) is 23.2 Å². The van der Waals surface area contributed by atoms with E-state index in [1.807, 2.05) is 20.8 Å². The molecule has 0 bridgehead atoms. The van der Waals surface area contributed by atoms with Gasteiger partial charge in [-0.1, -0.05) is 48.0 Å². The van der Waals surface area contributed by atoms with Gasteiger partial charge in [-0.05, 0) is 92.6 Å². The van der Waals surface area contributed by atoms with E-state index < -0.39 is 10.0 Å². The normalized spacial score (nSPS) is 11.3. The Labute approximate surface area is 228 Å². The van der Waals surface area contributed by atoms with Crippen molar-refractivity contribution in [3.8, 4) is 5.75 Å². The summed E-state index contributed by atoms with van der Waals surface area (Å²) in [5.74, 6) is 0.459. The molecule has 4 rings (SSSR count). The standard InChI is InChI=1S/C30H29ClN2O4S/c1-21(2)37-27-17-15-26(16-18-27)32-30(34)24-12-10-23(11-13-24)20-33(29-19-25(31)14-9-22(29)3)38(35,36)28-7-5-4-6-8-28/h4-19,21H,20H2,1-3H3,(H,32,34). The molecule has 0 radical (unpaired) electrons. The van der Waals surface area contributed by atoms with E-state index in [4.69, 9.17) is 16.3 Å². The van der Waals surface area contributed by atoms with Gasteiger partial charge in [0, 0.05) is 16.3 Å². The summed E-state index contributed by atoms with van der Waals surface area (Å²) in [6.07, 6.45) is 0.0651. The number of hydrogen-bond acceptors (Lipinski definition) is 4. The molecule has 196 valence electrons. The van der Waals surface area contributed by atoms with Crippen LogP contribution < -0.4 is 14.4 Å². The van der Waals surface area contributed by atoms with Crippen molar-refractivity contribution >= 4 is 38.9 Å². The SMILES string of the molecule is Cc1ccc(Cl)cc1N(Cc1ccc(C(=O)Nc2ccc(OC(C)C)cc2)cc1)S(=O)(=O)c1ccccc1. The first-order valence-corrected chi connectivity index (χ1v) is 14.0. The molecule has 38 heavy (non-hydrogen) atoms. The average molecular weight is 549 g/mol. The van der Waals surface area contributed by atoms with Crippen LogP contribution in [0.1, 0.15) is 35.3 Å². The van der Waals surface area contributed by atoms with E-state index in [0.29, 0.717) is 22.0 Å². The molecule has 8 heteroatoms. The number of aryl methyl sites for hydroxylation is 1. The third kappa shape index (κ3) is 6.54. The van der Waals surface area contributed by atoms with Crippen LogP contribution in [0.5, 0.6) is 5.75 Å². The molecule has 0 unspecified atom stereocenters. The summed E-state index contributed by atoms with van der Waals surface area (Å²) in [6.45, 7) is 5.81. The lowest BCUT2D eigenvalue weighted by Crippen LogP contribution is -2.31. The zero-order chi connectivity index (χ0) is 27.3. The number of amides is 1. The van der Waals surface area contributed by atoms with Crippen molar-refractivity contribution in [3.63, 3.8) is 0 Å². The maximum Gasteiger partial charge on any atom is 0.264 e. The fraction of sp³-hybridized carbons (Fsp3) is 0.167.